The van der Waals surface area contributed by atoms with Crippen molar-refractivity contribution in [1.82, 2.24) is 14.5 Å². The van der Waals surface area contributed by atoms with Crippen LogP contribution >= 0.6 is 0 Å². The van der Waals surface area contributed by atoms with Crippen LogP contribution in [0.25, 0.3) is 0 Å². The molecule has 1 aliphatic heterocycles. The third kappa shape index (κ3) is 4.62. The van der Waals surface area contributed by atoms with Gasteiger partial charge in [0.1, 0.15) is 18.0 Å². The lowest BCUT2D eigenvalue weighted by Crippen LogP contribution is -2.44. The summed E-state index contributed by atoms with van der Waals surface area (Å²) in [6.07, 6.45) is 4.96. The molecule has 7 heteroatoms. The van der Waals surface area contributed by atoms with Crippen LogP contribution < -0.4 is 15.2 Å². The maximum absolute atomic E-state index is 12.5. The number of amides is 1. The predicted molar refractivity (Wildman–Crippen MR) is 96.3 cm³/mol. The number of carbonyl (C=O) groups is 1. The summed E-state index contributed by atoms with van der Waals surface area (Å²) in [7, 11) is 1.62. The van der Waals surface area contributed by atoms with E-state index in [2.05, 4.69) is 4.98 Å². The Morgan fingerprint density at radius 3 is 2.96 bits per heavy atom. The van der Waals surface area contributed by atoms with Gasteiger partial charge in [-0.25, -0.2) is 9.78 Å². The minimum atomic E-state index is -0.407. The molecule has 3 rings (SSSR count). The Morgan fingerprint density at radius 1 is 1.31 bits per heavy atom. The number of aromatic nitrogens is 2. The van der Waals surface area contributed by atoms with Crippen LogP contribution in [0.3, 0.4) is 0 Å². The summed E-state index contributed by atoms with van der Waals surface area (Å²) in [6.45, 7) is 1.92. The Balaban J connectivity index is 1.54. The number of ether oxygens (including phenoxy) is 2. The molecule has 0 spiro atoms. The second kappa shape index (κ2) is 8.51. The highest BCUT2D eigenvalue weighted by Crippen LogP contribution is 2.22. The predicted octanol–water partition coefficient (Wildman–Crippen LogP) is 1.57. The van der Waals surface area contributed by atoms with Crippen LogP contribution in [-0.2, 0) is 11.3 Å². The summed E-state index contributed by atoms with van der Waals surface area (Å²) < 4.78 is 12.4. The van der Waals surface area contributed by atoms with E-state index in [1.165, 1.54) is 10.8 Å². The van der Waals surface area contributed by atoms with Crippen LogP contribution in [0.1, 0.15) is 12.8 Å². The van der Waals surface area contributed by atoms with Gasteiger partial charge in [0.25, 0.3) is 0 Å². The molecule has 138 valence electrons. The van der Waals surface area contributed by atoms with Crippen molar-refractivity contribution in [1.29, 1.82) is 0 Å². The van der Waals surface area contributed by atoms with E-state index in [-0.39, 0.29) is 18.4 Å². The second-order valence-corrected chi connectivity index (χ2v) is 6.37. The van der Waals surface area contributed by atoms with Gasteiger partial charge in [-0.15, -0.1) is 0 Å². The Kier molecular flexibility index (Phi) is 5.88. The lowest BCUT2D eigenvalue weighted by Gasteiger charge is -2.32. The van der Waals surface area contributed by atoms with Gasteiger partial charge in [0.2, 0.25) is 5.91 Å². The van der Waals surface area contributed by atoms with Crippen molar-refractivity contribution >= 4 is 5.91 Å². The van der Waals surface area contributed by atoms with Crippen LogP contribution in [-0.4, -0.2) is 47.2 Å². The molecule has 2 aromatic rings. The Labute approximate surface area is 152 Å². The highest BCUT2D eigenvalue weighted by molar-refractivity contribution is 5.76. The van der Waals surface area contributed by atoms with E-state index in [0.717, 1.165) is 24.3 Å². The Hall–Kier alpha value is -2.83. The second-order valence-electron chi connectivity index (χ2n) is 6.37. The molecule has 0 aliphatic carbocycles. The number of carbonyl (C=O) groups excluding carboxylic acids is 1. The van der Waals surface area contributed by atoms with Gasteiger partial charge in [0.05, 0.1) is 13.7 Å². The van der Waals surface area contributed by atoms with E-state index in [4.69, 9.17) is 9.47 Å². The molecule has 0 bridgehead atoms. The fourth-order valence-electron chi connectivity index (χ4n) is 3.09. The Morgan fingerprint density at radius 2 is 2.15 bits per heavy atom. The molecule has 0 unspecified atom stereocenters. The number of likely N-dealkylation sites (tertiary alicyclic amines) is 1. The molecule has 1 saturated heterocycles. The first-order valence-electron chi connectivity index (χ1n) is 8.72. The molecule has 1 aromatic carbocycles. The normalized spacial score (nSPS) is 17.0. The van der Waals surface area contributed by atoms with E-state index in [1.807, 2.05) is 29.2 Å². The van der Waals surface area contributed by atoms with Gasteiger partial charge in [-0.3, -0.25) is 9.36 Å². The van der Waals surface area contributed by atoms with Gasteiger partial charge in [0, 0.05) is 37.5 Å². The fraction of sp³-hybridized carbons (Fsp3) is 0.421. The van der Waals surface area contributed by atoms with E-state index in [9.17, 15) is 9.59 Å². The molecule has 1 amide bonds. The molecule has 26 heavy (non-hydrogen) atoms. The first-order chi connectivity index (χ1) is 12.7. The van der Waals surface area contributed by atoms with Crippen molar-refractivity contribution in [2.24, 2.45) is 5.92 Å². The maximum Gasteiger partial charge on any atom is 0.347 e. The molecule has 1 fully saturated rings. The summed E-state index contributed by atoms with van der Waals surface area (Å²) in [5.74, 6) is 1.72. The van der Waals surface area contributed by atoms with E-state index in [0.29, 0.717) is 19.7 Å². The summed E-state index contributed by atoms with van der Waals surface area (Å²) >= 11 is 0. The first kappa shape index (κ1) is 18.0. The number of hydrogen-bond donors (Lipinski definition) is 0. The molecule has 0 saturated carbocycles. The van der Waals surface area contributed by atoms with Gasteiger partial charge >= 0.3 is 5.69 Å². The van der Waals surface area contributed by atoms with Gasteiger partial charge in [0.15, 0.2) is 0 Å². The molecular formula is C19H23N3O4. The molecular weight excluding hydrogens is 334 g/mol. The van der Waals surface area contributed by atoms with Crippen molar-refractivity contribution in [3.63, 3.8) is 0 Å². The molecule has 1 aliphatic rings. The number of benzene rings is 1. The van der Waals surface area contributed by atoms with Crippen molar-refractivity contribution < 1.29 is 14.3 Å². The van der Waals surface area contributed by atoms with E-state index >= 15 is 0 Å². The molecule has 2 heterocycles. The topological polar surface area (TPSA) is 73.7 Å². The van der Waals surface area contributed by atoms with Gasteiger partial charge < -0.3 is 14.4 Å². The zero-order chi connectivity index (χ0) is 18.4. The fourth-order valence-corrected chi connectivity index (χ4v) is 3.09. The first-order valence-corrected chi connectivity index (χ1v) is 8.72. The smallest absolute Gasteiger partial charge is 0.347 e. The van der Waals surface area contributed by atoms with Crippen molar-refractivity contribution in [3.8, 4) is 11.5 Å². The van der Waals surface area contributed by atoms with E-state index in [1.54, 1.807) is 19.4 Å². The third-order valence-corrected chi connectivity index (χ3v) is 4.49. The monoisotopic (exact) mass is 357 g/mol. The molecule has 1 atom stereocenters. The van der Waals surface area contributed by atoms with Crippen molar-refractivity contribution in [3.05, 3.63) is 53.2 Å². The van der Waals surface area contributed by atoms with Gasteiger partial charge in [-0.2, -0.15) is 0 Å². The molecule has 0 radical (unpaired) electrons. The molecule has 7 nitrogen and oxygen atoms in total. The number of piperidine rings is 1. The SMILES string of the molecule is COc1cccc(OC[C@H]2CCCN(C(=O)Cn3cccnc3=O)C2)c1. The van der Waals surface area contributed by atoms with Crippen LogP contribution in [0.15, 0.2) is 47.5 Å². The van der Waals surface area contributed by atoms with E-state index < -0.39 is 5.69 Å². The van der Waals surface area contributed by atoms with Gasteiger partial charge in [-0.1, -0.05) is 6.07 Å². The molecule has 1 aromatic heterocycles. The average Bonchev–Trinajstić information content (AvgIpc) is 2.68. The quantitative estimate of drug-likeness (QED) is 0.785. The number of rotatable bonds is 6. The minimum absolute atomic E-state index is 0.0239. The lowest BCUT2D eigenvalue weighted by molar-refractivity contribution is -0.133. The number of methoxy groups -OCH3 is 1. The largest absolute Gasteiger partial charge is 0.497 e. The summed E-state index contributed by atoms with van der Waals surface area (Å²) in [6, 6.07) is 9.14. The zero-order valence-electron chi connectivity index (χ0n) is 14.8. The highest BCUT2D eigenvalue weighted by Gasteiger charge is 2.24. The number of hydrogen-bond acceptors (Lipinski definition) is 5. The van der Waals surface area contributed by atoms with Crippen molar-refractivity contribution in [2.45, 2.75) is 19.4 Å². The summed E-state index contributed by atoms with van der Waals surface area (Å²) in [5.41, 5.74) is -0.407. The van der Waals surface area contributed by atoms with Crippen LogP contribution in [0.4, 0.5) is 0 Å². The van der Waals surface area contributed by atoms with Crippen LogP contribution in [0.2, 0.25) is 0 Å². The van der Waals surface area contributed by atoms with Gasteiger partial charge in [-0.05, 0) is 31.0 Å². The lowest BCUT2D eigenvalue weighted by atomic mass is 9.99. The number of nitrogens with zero attached hydrogens (tertiary/aromatic N) is 3. The standard InChI is InChI=1S/C19H23N3O4/c1-25-16-6-2-7-17(11-16)26-14-15-5-3-9-21(12-15)18(23)13-22-10-4-8-20-19(22)24/h2,4,6-8,10-11,15H,3,5,9,12-14H2,1H3/t15-/m0/s1. The summed E-state index contributed by atoms with van der Waals surface area (Å²) in [4.78, 5) is 29.7. The Bertz CT molecular complexity index is 805. The zero-order valence-corrected chi connectivity index (χ0v) is 14.8. The summed E-state index contributed by atoms with van der Waals surface area (Å²) in [5, 5.41) is 0. The van der Waals surface area contributed by atoms with Crippen LogP contribution in [0, 0.1) is 5.92 Å². The van der Waals surface area contributed by atoms with Crippen molar-refractivity contribution in [2.75, 3.05) is 26.8 Å². The maximum atomic E-state index is 12.5. The van der Waals surface area contributed by atoms with Crippen LogP contribution in [0.5, 0.6) is 11.5 Å². The molecule has 0 N–H and O–H groups in total. The highest BCUT2D eigenvalue weighted by atomic mass is 16.5. The minimum Gasteiger partial charge on any atom is -0.497 e. The average molecular weight is 357 g/mol. The third-order valence-electron chi connectivity index (χ3n) is 4.49.